The Balaban J connectivity index is 2.07. The van der Waals surface area contributed by atoms with E-state index in [9.17, 15) is 9.50 Å². The van der Waals surface area contributed by atoms with Gasteiger partial charge in [0.15, 0.2) is 0 Å². The third-order valence-corrected chi connectivity index (χ3v) is 5.16. The lowest BCUT2D eigenvalue weighted by Crippen LogP contribution is -2.53. The molecule has 1 unspecified atom stereocenters. The number of aliphatic hydroxyl groups is 1. The molecule has 0 spiro atoms. The lowest BCUT2D eigenvalue weighted by atomic mass is 9.89. The Morgan fingerprint density at radius 2 is 1.86 bits per heavy atom. The van der Waals surface area contributed by atoms with Crippen LogP contribution >= 0.6 is 15.9 Å². The van der Waals surface area contributed by atoms with E-state index in [1.165, 1.54) is 31.7 Å². The molecule has 2 nitrogen and oxygen atoms in total. The molecule has 1 saturated heterocycles. The Morgan fingerprint density at radius 1 is 1.24 bits per heavy atom. The van der Waals surface area contributed by atoms with Gasteiger partial charge in [0, 0.05) is 16.4 Å². The highest BCUT2D eigenvalue weighted by Crippen LogP contribution is 2.26. The minimum atomic E-state index is -0.578. The van der Waals surface area contributed by atoms with E-state index in [4.69, 9.17) is 0 Å². The molecule has 1 fully saturated rings. The Bertz CT molecular complexity index is 470. The van der Waals surface area contributed by atoms with E-state index in [1.807, 2.05) is 6.07 Å². The van der Waals surface area contributed by atoms with E-state index >= 15 is 0 Å². The molecule has 1 atom stereocenters. The lowest BCUT2D eigenvalue weighted by Gasteiger charge is -2.41. The van der Waals surface area contributed by atoms with E-state index in [2.05, 4.69) is 34.7 Å². The maximum Gasteiger partial charge on any atom is 0.127 e. The van der Waals surface area contributed by atoms with Gasteiger partial charge < -0.3 is 5.11 Å². The van der Waals surface area contributed by atoms with Crippen molar-refractivity contribution in [2.45, 2.75) is 57.6 Å². The first-order valence-electron chi connectivity index (χ1n) is 7.78. The van der Waals surface area contributed by atoms with Crippen LogP contribution in [0, 0.1) is 5.82 Å². The Morgan fingerprint density at radius 3 is 2.43 bits per heavy atom. The highest BCUT2D eigenvalue weighted by molar-refractivity contribution is 9.10. The zero-order valence-corrected chi connectivity index (χ0v) is 14.5. The standard InChI is InChI=1S/C17H25BrFNO/c1-17(2,20-9-5-3-4-6-10-20)16(21)11-13-7-8-14(18)12-15(13)19/h7-8,12,16,21H,3-6,9-11H2,1-2H3. The summed E-state index contributed by atoms with van der Waals surface area (Å²) in [5.74, 6) is -0.255. The summed E-state index contributed by atoms with van der Waals surface area (Å²) in [5.41, 5.74) is 0.248. The number of halogens is 2. The molecule has 21 heavy (non-hydrogen) atoms. The summed E-state index contributed by atoms with van der Waals surface area (Å²) in [6, 6.07) is 5.03. The summed E-state index contributed by atoms with van der Waals surface area (Å²) in [4.78, 5) is 2.36. The number of aliphatic hydroxyl groups excluding tert-OH is 1. The van der Waals surface area contributed by atoms with Gasteiger partial charge in [0.2, 0.25) is 0 Å². The van der Waals surface area contributed by atoms with E-state index in [-0.39, 0.29) is 11.4 Å². The summed E-state index contributed by atoms with van der Waals surface area (Å²) in [5, 5.41) is 10.6. The molecular weight excluding hydrogens is 333 g/mol. The van der Waals surface area contributed by atoms with Crippen LogP contribution in [0.4, 0.5) is 4.39 Å². The van der Waals surface area contributed by atoms with E-state index in [0.29, 0.717) is 12.0 Å². The van der Waals surface area contributed by atoms with E-state index in [1.54, 1.807) is 6.07 Å². The molecule has 0 amide bonds. The third-order valence-electron chi connectivity index (χ3n) is 4.66. The Hall–Kier alpha value is -0.450. The second-order valence-corrected chi connectivity index (χ2v) is 7.43. The van der Waals surface area contributed by atoms with Crippen molar-refractivity contribution in [1.29, 1.82) is 0 Å². The maximum absolute atomic E-state index is 14.0. The quantitative estimate of drug-likeness (QED) is 0.874. The van der Waals surface area contributed by atoms with Gasteiger partial charge in [0.25, 0.3) is 0 Å². The molecule has 2 rings (SSSR count). The van der Waals surface area contributed by atoms with Crippen molar-refractivity contribution in [2.24, 2.45) is 0 Å². The van der Waals surface area contributed by atoms with Crippen LogP contribution in [0.3, 0.4) is 0 Å². The molecule has 0 radical (unpaired) electrons. The molecule has 4 heteroatoms. The monoisotopic (exact) mass is 357 g/mol. The van der Waals surface area contributed by atoms with E-state index < -0.39 is 6.10 Å². The average Bonchev–Trinajstić information content (AvgIpc) is 2.71. The highest BCUT2D eigenvalue weighted by atomic mass is 79.9. The van der Waals surface area contributed by atoms with Crippen molar-refractivity contribution in [2.75, 3.05) is 13.1 Å². The van der Waals surface area contributed by atoms with Gasteiger partial charge in [-0.25, -0.2) is 4.39 Å². The fraction of sp³-hybridized carbons (Fsp3) is 0.647. The fourth-order valence-corrected chi connectivity index (χ4v) is 3.34. The summed E-state index contributed by atoms with van der Waals surface area (Å²) >= 11 is 3.26. The molecule has 1 aliphatic heterocycles. The number of hydrogen-bond donors (Lipinski definition) is 1. The predicted octanol–water partition coefficient (Wildman–Crippen LogP) is 4.15. The lowest BCUT2D eigenvalue weighted by molar-refractivity contribution is -0.00824. The number of hydrogen-bond acceptors (Lipinski definition) is 2. The van der Waals surface area contributed by atoms with Crippen molar-refractivity contribution in [1.82, 2.24) is 4.90 Å². The van der Waals surface area contributed by atoms with Gasteiger partial charge in [0.1, 0.15) is 5.82 Å². The molecule has 0 aromatic heterocycles. The Labute approximate surface area is 135 Å². The van der Waals surface area contributed by atoms with Crippen molar-refractivity contribution in [3.8, 4) is 0 Å². The molecular formula is C17H25BrFNO. The zero-order valence-electron chi connectivity index (χ0n) is 12.9. The topological polar surface area (TPSA) is 23.5 Å². The minimum absolute atomic E-state index is 0.255. The first kappa shape index (κ1) is 16.9. The number of nitrogens with zero attached hydrogens (tertiary/aromatic N) is 1. The van der Waals surface area contributed by atoms with Gasteiger partial charge in [-0.05, 0) is 57.5 Å². The largest absolute Gasteiger partial charge is 0.391 e. The van der Waals surface area contributed by atoms with E-state index in [0.717, 1.165) is 17.6 Å². The maximum atomic E-state index is 14.0. The SMILES string of the molecule is CC(C)(C(O)Cc1ccc(Br)cc1F)N1CCCCCC1. The molecule has 1 aromatic rings. The molecule has 1 aliphatic rings. The third kappa shape index (κ3) is 4.27. The first-order valence-corrected chi connectivity index (χ1v) is 8.57. The molecule has 118 valence electrons. The number of rotatable bonds is 4. The smallest absolute Gasteiger partial charge is 0.127 e. The van der Waals surface area contributed by atoms with Crippen LogP contribution in [0.15, 0.2) is 22.7 Å². The van der Waals surface area contributed by atoms with Crippen LogP contribution in [0.2, 0.25) is 0 Å². The zero-order chi connectivity index (χ0) is 15.5. The molecule has 1 N–H and O–H groups in total. The summed E-state index contributed by atoms with van der Waals surface area (Å²) in [7, 11) is 0. The summed E-state index contributed by atoms with van der Waals surface area (Å²) in [6.45, 7) is 6.18. The van der Waals surface area contributed by atoms with Crippen molar-refractivity contribution < 1.29 is 9.50 Å². The second kappa shape index (κ2) is 7.21. The molecule has 0 saturated carbocycles. The molecule has 0 bridgehead atoms. The fourth-order valence-electron chi connectivity index (χ4n) is 3.00. The van der Waals surface area contributed by atoms with Gasteiger partial charge in [0.05, 0.1) is 6.10 Å². The average molecular weight is 358 g/mol. The van der Waals surface area contributed by atoms with Gasteiger partial charge >= 0.3 is 0 Å². The summed E-state index contributed by atoms with van der Waals surface area (Å²) < 4.78 is 14.7. The Kier molecular flexibility index (Phi) is 5.81. The highest BCUT2D eigenvalue weighted by Gasteiger charge is 2.34. The van der Waals surface area contributed by atoms with Crippen molar-refractivity contribution >= 4 is 15.9 Å². The van der Waals surface area contributed by atoms with Gasteiger partial charge in [-0.2, -0.15) is 0 Å². The van der Waals surface area contributed by atoms with Crippen molar-refractivity contribution in [3.05, 3.63) is 34.1 Å². The minimum Gasteiger partial charge on any atom is -0.391 e. The van der Waals surface area contributed by atoms with Crippen LogP contribution in [-0.4, -0.2) is 34.7 Å². The van der Waals surface area contributed by atoms with Crippen molar-refractivity contribution in [3.63, 3.8) is 0 Å². The normalized spacial score (nSPS) is 19.3. The van der Waals surface area contributed by atoms with Crippen LogP contribution in [0.1, 0.15) is 45.1 Å². The van der Waals surface area contributed by atoms with Gasteiger partial charge in [-0.1, -0.05) is 34.8 Å². The molecule has 0 aliphatic carbocycles. The second-order valence-electron chi connectivity index (χ2n) is 6.51. The molecule has 1 heterocycles. The number of likely N-dealkylation sites (tertiary alicyclic amines) is 1. The predicted molar refractivity (Wildman–Crippen MR) is 87.9 cm³/mol. The van der Waals surface area contributed by atoms with Gasteiger partial charge in [-0.15, -0.1) is 0 Å². The summed E-state index contributed by atoms with van der Waals surface area (Å²) in [6.07, 6.45) is 4.67. The van der Waals surface area contributed by atoms with Gasteiger partial charge in [-0.3, -0.25) is 4.90 Å². The van der Waals surface area contributed by atoms with Crippen LogP contribution in [0.5, 0.6) is 0 Å². The van der Waals surface area contributed by atoms with Crippen LogP contribution < -0.4 is 0 Å². The first-order chi connectivity index (χ1) is 9.91. The molecule has 1 aromatic carbocycles. The van der Waals surface area contributed by atoms with Crippen LogP contribution in [-0.2, 0) is 6.42 Å². The van der Waals surface area contributed by atoms with Crippen LogP contribution in [0.25, 0.3) is 0 Å². The number of benzene rings is 1.